The predicted molar refractivity (Wildman–Crippen MR) is 62.2 cm³/mol. The molecule has 0 rings (SSSR count). The summed E-state index contributed by atoms with van der Waals surface area (Å²) in [6, 6.07) is -0.0388. The first kappa shape index (κ1) is 14.7. The molecule has 0 aliphatic heterocycles. The fourth-order valence-electron chi connectivity index (χ4n) is 1.31. The third kappa shape index (κ3) is 6.27. The Balaban J connectivity index is 3.51. The van der Waals surface area contributed by atoms with E-state index in [0.717, 1.165) is 12.8 Å². The van der Waals surface area contributed by atoms with Crippen molar-refractivity contribution in [3.63, 3.8) is 0 Å². The number of nitrogens with zero attached hydrogens (tertiary/aromatic N) is 1. The van der Waals surface area contributed by atoms with Crippen LogP contribution in [0.4, 0.5) is 4.79 Å². The predicted octanol–water partition coefficient (Wildman–Crippen LogP) is 1.38. The van der Waals surface area contributed by atoms with Crippen molar-refractivity contribution in [1.82, 2.24) is 10.2 Å². The molecule has 0 aromatic heterocycles. The van der Waals surface area contributed by atoms with Crippen molar-refractivity contribution in [2.24, 2.45) is 0 Å². The number of carbonyl (C=O) groups is 2. The molecule has 0 aromatic rings. The van der Waals surface area contributed by atoms with Crippen molar-refractivity contribution in [2.45, 2.75) is 33.1 Å². The van der Waals surface area contributed by atoms with E-state index < -0.39 is 0 Å². The number of hydrogen-bond donors (Lipinski definition) is 1. The van der Waals surface area contributed by atoms with Gasteiger partial charge in [-0.3, -0.25) is 4.79 Å². The van der Waals surface area contributed by atoms with Crippen molar-refractivity contribution < 1.29 is 14.3 Å². The average molecular weight is 230 g/mol. The average Bonchev–Trinajstić information content (AvgIpc) is 2.29. The Labute approximate surface area is 97.1 Å². The minimum absolute atomic E-state index is 0.0388. The first-order valence-electron chi connectivity index (χ1n) is 5.75. The molecule has 0 fully saturated rings. The second-order valence-corrected chi connectivity index (χ2v) is 3.44. The summed E-state index contributed by atoms with van der Waals surface area (Å²) >= 11 is 0. The van der Waals surface area contributed by atoms with E-state index in [1.165, 1.54) is 7.11 Å². The van der Waals surface area contributed by atoms with E-state index in [1.807, 2.05) is 13.8 Å². The number of methoxy groups -OCH3 is 1. The first-order valence-corrected chi connectivity index (χ1v) is 5.75. The summed E-state index contributed by atoms with van der Waals surface area (Å²) in [7, 11) is 1.38. The summed E-state index contributed by atoms with van der Waals surface area (Å²) in [5, 5.41) is 2.81. The molecule has 0 bridgehead atoms. The van der Waals surface area contributed by atoms with Gasteiger partial charge in [0, 0.05) is 26.1 Å². The van der Waals surface area contributed by atoms with Crippen LogP contribution in [-0.4, -0.2) is 43.6 Å². The highest BCUT2D eigenvalue weighted by atomic mass is 16.5. The fourth-order valence-corrected chi connectivity index (χ4v) is 1.31. The summed E-state index contributed by atoms with van der Waals surface area (Å²) < 4.78 is 4.52. The van der Waals surface area contributed by atoms with Gasteiger partial charge in [0.1, 0.15) is 0 Å². The largest absolute Gasteiger partial charge is 0.469 e. The Morgan fingerprint density at radius 1 is 1.19 bits per heavy atom. The second kappa shape index (κ2) is 9.00. The van der Waals surface area contributed by atoms with Crippen molar-refractivity contribution in [2.75, 3.05) is 26.7 Å². The van der Waals surface area contributed by atoms with Gasteiger partial charge in [0.15, 0.2) is 0 Å². The van der Waals surface area contributed by atoms with Gasteiger partial charge >= 0.3 is 12.0 Å². The first-order chi connectivity index (χ1) is 7.65. The number of nitrogens with one attached hydrogen (secondary N) is 1. The molecule has 0 atom stereocenters. The Bertz CT molecular complexity index is 215. The second-order valence-electron chi connectivity index (χ2n) is 3.44. The van der Waals surface area contributed by atoms with Crippen LogP contribution in [0.2, 0.25) is 0 Å². The van der Waals surface area contributed by atoms with E-state index >= 15 is 0 Å². The molecule has 5 heteroatoms. The molecule has 2 amide bonds. The van der Waals surface area contributed by atoms with Gasteiger partial charge in [-0.1, -0.05) is 0 Å². The molecular formula is C11H22N2O3. The van der Waals surface area contributed by atoms with Crippen LogP contribution in [0.25, 0.3) is 0 Å². The molecule has 0 aliphatic rings. The Kier molecular flexibility index (Phi) is 8.29. The molecule has 0 unspecified atom stereocenters. The summed E-state index contributed by atoms with van der Waals surface area (Å²) in [5.74, 6) is -0.199. The normalized spacial score (nSPS) is 9.69. The molecule has 0 spiro atoms. The van der Waals surface area contributed by atoms with Gasteiger partial charge < -0.3 is 15.0 Å². The maximum Gasteiger partial charge on any atom is 0.317 e. The highest BCUT2D eigenvalue weighted by molar-refractivity contribution is 5.74. The van der Waals surface area contributed by atoms with E-state index in [0.29, 0.717) is 26.1 Å². The fraction of sp³-hybridized carbons (Fsp3) is 0.818. The maximum absolute atomic E-state index is 11.5. The van der Waals surface area contributed by atoms with Crippen LogP contribution in [0.3, 0.4) is 0 Å². The quantitative estimate of drug-likeness (QED) is 0.531. The molecule has 0 radical (unpaired) electrons. The van der Waals surface area contributed by atoms with Crippen molar-refractivity contribution >= 4 is 12.0 Å². The molecular weight excluding hydrogens is 208 g/mol. The van der Waals surface area contributed by atoms with E-state index in [2.05, 4.69) is 10.1 Å². The Morgan fingerprint density at radius 2 is 1.81 bits per heavy atom. The van der Waals surface area contributed by atoms with Crippen LogP contribution >= 0.6 is 0 Å². The van der Waals surface area contributed by atoms with Crippen LogP contribution in [0.1, 0.15) is 33.1 Å². The summed E-state index contributed by atoms with van der Waals surface area (Å²) in [4.78, 5) is 24.0. The van der Waals surface area contributed by atoms with Crippen molar-refractivity contribution in [3.8, 4) is 0 Å². The van der Waals surface area contributed by atoms with Crippen LogP contribution in [0, 0.1) is 0 Å². The highest BCUT2D eigenvalue weighted by Gasteiger charge is 2.07. The van der Waals surface area contributed by atoms with Gasteiger partial charge in [0.2, 0.25) is 0 Å². The van der Waals surface area contributed by atoms with Gasteiger partial charge in [-0.15, -0.1) is 0 Å². The van der Waals surface area contributed by atoms with Gasteiger partial charge in [-0.25, -0.2) is 4.79 Å². The maximum atomic E-state index is 11.5. The standard InChI is InChI=1S/C11H22N2O3/c1-4-13(5-2)11(15)12-9-7-6-8-10(14)16-3/h4-9H2,1-3H3,(H,12,15). The number of hydrogen-bond acceptors (Lipinski definition) is 3. The zero-order valence-corrected chi connectivity index (χ0v) is 10.4. The molecule has 16 heavy (non-hydrogen) atoms. The smallest absolute Gasteiger partial charge is 0.317 e. The van der Waals surface area contributed by atoms with E-state index in [9.17, 15) is 9.59 Å². The van der Waals surface area contributed by atoms with E-state index in [4.69, 9.17) is 0 Å². The number of amides is 2. The topological polar surface area (TPSA) is 58.6 Å². The number of urea groups is 1. The van der Waals surface area contributed by atoms with Gasteiger partial charge in [-0.05, 0) is 26.7 Å². The zero-order valence-electron chi connectivity index (χ0n) is 10.4. The van der Waals surface area contributed by atoms with Crippen LogP contribution in [-0.2, 0) is 9.53 Å². The van der Waals surface area contributed by atoms with Crippen molar-refractivity contribution in [1.29, 1.82) is 0 Å². The SMILES string of the molecule is CCN(CC)C(=O)NCCCCC(=O)OC. The van der Waals surface area contributed by atoms with Crippen molar-refractivity contribution in [3.05, 3.63) is 0 Å². The third-order valence-corrected chi connectivity index (χ3v) is 2.36. The van der Waals surface area contributed by atoms with Gasteiger partial charge in [0.05, 0.1) is 7.11 Å². The minimum Gasteiger partial charge on any atom is -0.469 e. The summed E-state index contributed by atoms with van der Waals surface area (Å²) in [6.07, 6.45) is 1.95. The molecule has 0 aromatic carbocycles. The third-order valence-electron chi connectivity index (χ3n) is 2.36. The molecule has 5 nitrogen and oxygen atoms in total. The summed E-state index contributed by atoms with van der Waals surface area (Å²) in [5.41, 5.74) is 0. The number of carbonyl (C=O) groups excluding carboxylic acids is 2. The van der Waals surface area contributed by atoms with Crippen LogP contribution in [0.5, 0.6) is 0 Å². The van der Waals surface area contributed by atoms with E-state index in [-0.39, 0.29) is 12.0 Å². The lowest BCUT2D eigenvalue weighted by atomic mass is 10.2. The van der Waals surface area contributed by atoms with E-state index in [1.54, 1.807) is 4.90 Å². The lowest BCUT2D eigenvalue weighted by molar-refractivity contribution is -0.140. The van der Waals surface area contributed by atoms with Crippen LogP contribution in [0.15, 0.2) is 0 Å². The number of rotatable bonds is 7. The molecule has 0 heterocycles. The lowest BCUT2D eigenvalue weighted by Crippen LogP contribution is -2.40. The molecule has 94 valence electrons. The van der Waals surface area contributed by atoms with Crippen LogP contribution < -0.4 is 5.32 Å². The molecule has 0 aliphatic carbocycles. The molecule has 0 saturated heterocycles. The number of ether oxygens (including phenoxy) is 1. The number of esters is 1. The minimum atomic E-state index is -0.199. The molecule has 1 N–H and O–H groups in total. The Hall–Kier alpha value is -1.26. The lowest BCUT2D eigenvalue weighted by Gasteiger charge is -2.19. The highest BCUT2D eigenvalue weighted by Crippen LogP contribution is 1.96. The summed E-state index contributed by atoms with van der Waals surface area (Å²) in [6.45, 7) is 5.92. The number of unbranched alkanes of at least 4 members (excludes halogenated alkanes) is 1. The monoisotopic (exact) mass is 230 g/mol. The zero-order chi connectivity index (χ0) is 12.4. The Morgan fingerprint density at radius 3 is 2.31 bits per heavy atom. The molecule has 0 saturated carbocycles. The van der Waals surface area contributed by atoms with Gasteiger partial charge in [-0.2, -0.15) is 0 Å². The van der Waals surface area contributed by atoms with Gasteiger partial charge in [0.25, 0.3) is 0 Å².